The summed E-state index contributed by atoms with van der Waals surface area (Å²) >= 11 is 0. The van der Waals surface area contributed by atoms with E-state index in [1.165, 1.54) is 51.7 Å². The SMILES string of the molecule is CC(C)(CN)CCCCN1CCc2ccccc2CC1. The van der Waals surface area contributed by atoms with E-state index in [0.717, 1.165) is 6.54 Å². The van der Waals surface area contributed by atoms with Crippen molar-refractivity contribution in [1.29, 1.82) is 0 Å². The molecule has 2 nitrogen and oxygen atoms in total. The molecule has 0 spiro atoms. The van der Waals surface area contributed by atoms with E-state index in [9.17, 15) is 0 Å². The van der Waals surface area contributed by atoms with Gasteiger partial charge in [0.25, 0.3) is 0 Å². The van der Waals surface area contributed by atoms with Gasteiger partial charge in [-0.25, -0.2) is 0 Å². The second-order valence-corrected chi connectivity index (χ2v) is 6.94. The third kappa shape index (κ3) is 4.60. The molecule has 2 N–H and O–H groups in total. The lowest BCUT2D eigenvalue weighted by atomic mass is 9.87. The summed E-state index contributed by atoms with van der Waals surface area (Å²) in [4.78, 5) is 2.63. The topological polar surface area (TPSA) is 29.3 Å². The first-order chi connectivity index (χ1) is 9.61. The largest absolute Gasteiger partial charge is 0.330 e. The summed E-state index contributed by atoms with van der Waals surface area (Å²) in [5.74, 6) is 0. The molecular formula is C18H30N2. The van der Waals surface area contributed by atoms with Gasteiger partial charge in [0.1, 0.15) is 0 Å². The van der Waals surface area contributed by atoms with Crippen molar-refractivity contribution < 1.29 is 0 Å². The summed E-state index contributed by atoms with van der Waals surface area (Å²) < 4.78 is 0. The van der Waals surface area contributed by atoms with Gasteiger partial charge in [0.05, 0.1) is 0 Å². The summed E-state index contributed by atoms with van der Waals surface area (Å²) in [6, 6.07) is 8.93. The maximum absolute atomic E-state index is 5.79. The first-order valence-electron chi connectivity index (χ1n) is 8.10. The molecule has 0 atom stereocenters. The molecule has 2 heteroatoms. The van der Waals surface area contributed by atoms with E-state index < -0.39 is 0 Å². The summed E-state index contributed by atoms with van der Waals surface area (Å²) in [6.45, 7) is 9.03. The van der Waals surface area contributed by atoms with E-state index in [1.807, 2.05) is 0 Å². The van der Waals surface area contributed by atoms with E-state index >= 15 is 0 Å². The van der Waals surface area contributed by atoms with Gasteiger partial charge in [-0.05, 0) is 55.3 Å². The number of hydrogen-bond donors (Lipinski definition) is 1. The maximum Gasteiger partial charge on any atom is 0.00221 e. The zero-order valence-corrected chi connectivity index (χ0v) is 13.2. The monoisotopic (exact) mass is 274 g/mol. The number of fused-ring (bicyclic) bond motifs is 1. The minimum Gasteiger partial charge on any atom is -0.330 e. The van der Waals surface area contributed by atoms with E-state index in [4.69, 9.17) is 5.73 Å². The van der Waals surface area contributed by atoms with Crippen LogP contribution in [-0.4, -0.2) is 31.1 Å². The third-order valence-electron chi connectivity index (χ3n) is 4.64. The Hall–Kier alpha value is -0.860. The first-order valence-corrected chi connectivity index (χ1v) is 8.10. The van der Waals surface area contributed by atoms with Crippen molar-refractivity contribution in [2.45, 2.75) is 46.0 Å². The molecule has 0 amide bonds. The van der Waals surface area contributed by atoms with E-state index in [2.05, 4.69) is 43.0 Å². The fourth-order valence-electron chi connectivity index (χ4n) is 2.98. The van der Waals surface area contributed by atoms with E-state index in [-0.39, 0.29) is 0 Å². The number of nitrogens with zero attached hydrogens (tertiary/aromatic N) is 1. The van der Waals surface area contributed by atoms with Gasteiger partial charge in [-0.3, -0.25) is 0 Å². The highest BCUT2D eigenvalue weighted by Gasteiger charge is 2.16. The first kappa shape index (κ1) is 15.5. The smallest absolute Gasteiger partial charge is 0.00221 e. The highest BCUT2D eigenvalue weighted by Crippen LogP contribution is 2.22. The van der Waals surface area contributed by atoms with Crippen LogP contribution in [0.15, 0.2) is 24.3 Å². The Morgan fingerprint density at radius 1 is 1.05 bits per heavy atom. The molecule has 0 saturated heterocycles. The average molecular weight is 274 g/mol. The van der Waals surface area contributed by atoms with Crippen LogP contribution in [0, 0.1) is 5.41 Å². The van der Waals surface area contributed by atoms with Crippen molar-refractivity contribution in [3.63, 3.8) is 0 Å². The Labute approximate surface area is 124 Å². The lowest BCUT2D eigenvalue weighted by Gasteiger charge is -2.24. The Morgan fingerprint density at radius 3 is 2.20 bits per heavy atom. The second kappa shape index (κ2) is 7.24. The summed E-state index contributed by atoms with van der Waals surface area (Å²) in [6.07, 6.45) is 6.28. The van der Waals surface area contributed by atoms with Gasteiger partial charge in [-0.15, -0.1) is 0 Å². The molecule has 1 aromatic rings. The normalized spacial score (nSPS) is 16.8. The molecule has 112 valence electrons. The molecule has 0 fully saturated rings. The van der Waals surface area contributed by atoms with Crippen LogP contribution >= 0.6 is 0 Å². The molecular weight excluding hydrogens is 244 g/mol. The van der Waals surface area contributed by atoms with Crippen LogP contribution < -0.4 is 5.73 Å². The van der Waals surface area contributed by atoms with Crippen molar-refractivity contribution >= 4 is 0 Å². The van der Waals surface area contributed by atoms with Crippen LogP contribution in [0.2, 0.25) is 0 Å². The molecule has 20 heavy (non-hydrogen) atoms. The van der Waals surface area contributed by atoms with E-state index in [1.54, 1.807) is 11.1 Å². The molecule has 1 aliphatic heterocycles. The standard InChI is InChI=1S/C18H30N2/c1-18(2,15-19)11-5-6-12-20-13-9-16-7-3-4-8-17(16)10-14-20/h3-4,7-8H,5-6,9-15,19H2,1-2H3. The lowest BCUT2D eigenvalue weighted by molar-refractivity contribution is 0.265. The predicted molar refractivity (Wildman–Crippen MR) is 87.0 cm³/mol. The fraction of sp³-hybridized carbons (Fsp3) is 0.667. The maximum atomic E-state index is 5.79. The van der Waals surface area contributed by atoms with Gasteiger partial charge in [-0.2, -0.15) is 0 Å². The Morgan fingerprint density at radius 2 is 1.65 bits per heavy atom. The molecule has 2 rings (SSSR count). The highest BCUT2D eigenvalue weighted by molar-refractivity contribution is 5.28. The number of benzene rings is 1. The van der Waals surface area contributed by atoms with Crippen LogP contribution in [0.5, 0.6) is 0 Å². The number of rotatable bonds is 6. The van der Waals surface area contributed by atoms with E-state index in [0.29, 0.717) is 5.41 Å². The highest BCUT2D eigenvalue weighted by atomic mass is 15.1. The second-order valence-electron chi connectivity index (χ2n) is 6.94. The minimum atomic E-state index is 0.315. The lowest BCUT2D eigenvalue weighted by Crippen LogP contribution is -2.28. The Kier molecular flexibility index (Phi) is 5.62. The van der Waals surface area contributed by atoms with Crippen LogP contribution in [0.3, 0.4) is 0 Å². The quantitative estimate of drug-likeness (QED) is 0.807. The minimum absolute atomic E-state index is 0.315. The zero-order valence-electron chi connectivity index (χ0n) is 13.2. The number of nitrogens with two attached hydrogens (primary N) is 1. The molecule has 0 radical (unpaired) electrons. The van der Waals surface area contributed by atoms with Gasteiger partial charge in [0, 0.05) is 13.1 Å². The average Bonchev–Trinajstić information content (AvgIpc) is 2.66. The van der Waals surface area contributed by atoms with Gasteiger partial charge in [0.15, 0.2) is 0 Å². The summed E-state index contributed by atoms with van der Waals surface area (Å²) in [5.41, 5.74) is 9.21. The van der Waals surface area contributed by atoms with Crippen LogP contribution in [0.25, 0.3) is 0 Å². The van der Waals surface area contributed by atoms with Crippen LogP contribution in [0.1, 0.15) is 44.2 Å². The van der Waals surface area contributed by atoms with Crippen molar-refractivity contribution in [3.05, 3.63) is 35.4 Å². The molecule has 0 aliphatic carbocycles. The number of hydrogen-bond acceptors (Lipinski definition) is 2. The zero-order chi connectivity index (χ0) is 14.4. The summed E-state index contributed by atoms with van der Waals surface area (Å²) in [7, 11) is 0. The molecule has 0 saturated carbocycles. The molecule has 0 bridgehead atoms. The van der Waals surface area contributed by atoms with Gasteiger partial charge in [0.2, 0.25) is 0 Å². The Balaban J connectivity index is 1.71. The van der Waals surface area contributed by atoms with Crippen molar-refractivity contribution in [2.75, 3.05) is 26.2 Å². The van der Waals surface area contributed by atoms with Crippen molar-refractivity contribution in [3.8, 4) is 0 Å². The van der Waals surface area contributed by atoms with Crippen LogP contribution in [0.4, 0.5) is 0 Å². The molecule has 1 aromatic carbocycles. The van der Waals surface area contributed by atoms with Gasteiger partial charge < -0.3 is 10.6 Å². The Bertz CT molecular complexity index is 385. The molecule has 0 aromatic heterocycles. The van der Waals surface area contributed by atoms with Gasteiger partial charge >= 0.3 is 0 Å². The predicted octanol–water partition coefficient (Wildman–Crippen LogP) is 3.24. The van der Waals surface area contributed by atoms with Gasteiger partial charge in [-0.1, -0.05) is 44.5 Å². The fourth-order valence-corrected chi connectivity index (χ4v) is 2.98. The van der Waals surface area contributed by atoms with Crippen LogP contribution in [-0.2, 0) is 12.8 Å². The molecule has 1 heterocycles. The molecule has 1 aliphatic rings. The van der Waals surface area contributed by atoms with Crippen molar-refractivity contribution in [2.24, 2.45) is 11.1 Å². The molecule has 0 unspecified atom stereocenters. The summed E-state index contributed by atoms with van der Waals surface area (Å²) in [5, 5.41) is 0. The third-order valence-corrected chi connectivity index (χ3v) is 4.64. The number of unbranched alkanes of at least 4 members (excludes halogenated alkanes) is 1. The van der Waals surface area contributed by atoms with Crippen molar-refractivity contribution in [1.82, 2.24) is 4.90 Å².